The van der Waals surface area contributed by atoms with E-state index in [1.54, 1.807) is 4.90 Å². The molecule has 2 N–H and O–H groups in total. The van der Waals surface area contributed by atoms with Crippen molar-refractivity contribution >= 4 is 17.7 Å². The van der Waals surface area contributed by atoms with Gasteiger partial charge in [-0.05, 0) is 12.2 Å². The molecule has 0 aromatic rings. The van der Waals surface area contributed by atoms with Crippen LogP contribution >= 0.6 is 11.8 Å². The van der Waals surface area contributed by atoms with Gasteiger partial charge < -0.3 is 15.3 Å². The lowest BCUT2D eigenvalue weighted by Gasteiger charge is -2.28. The number of nitrogens with zero attached hydrogens (tertiary/aromatic N) is 1. The number of β-amino-alcohol motifs (C(OH)–C–C–N with tert-alkyl or cyclic N) is 1. The average Bonchev–Trinajstić information content (AvgIpc) is 2.85. The first-order valence-corrected chi connectivity index (χ1v) is 6.59. The summed E-state index contributed by atoms with van der Waals surface area (Å²) in [7, 11) is 1.81. The summed E-state index contributed by atoms with van der Waals surface area (Å²) >= 11 is 1.85. The zero-order valence-electron chi connectivity index (χ0n) is 8.98. The molecule has 4 nitrogen and oxygen atoms in total. The molecule has 2 rings (SSSR count). The summed E-state index contributed by atoms with van der Waals surface area (Å²) in [6.07, 6.45) is 0.581. The molecule has 0 aromatic carbocycles. The van der Waals surface area contributed by atoms with E-state index in [4.69, 9.17) is 0 Å². The fourth-order valence-electron chi connectivity index (χ4n) is 2.23. The summed E-state index contributed by atoms with van der Waals surface area (Å²) in [6, 6.07) is -0.0388. The summed E-state index contributed by atoms with van der Waals surface area (Å²) in [5.41, 5.74) is 0. The number of nitrogens with one attached hydrogen (secondary N) is 1. The first kappa shape index (κ1) is 11.2. The Morgan fingerprint density at radius 2 is 2.33 bits per heavy atom. The zero-order chi connectivity index (χ0) is 10.8. The predicted molar refractivity (Wildman–Crippen MR) is 60.9 cm³/mol. The third-order valence-electron chi connectivity index (χ3n) is 3.28. The standard InChI is InChI=1S/C10H18N2O2S/c1-12(8-4-11-5-9(8)13)10(14)7-2-3-15-6-7/h7-9,11,13H,2-6H2,1H3/t7?,8-,9-/m1/s1. The molecule has 0 bridgehead atoms. The van der Waals surface area contributed by atoms with Crippen LogP contribution in [0.5, 0.6) is 0 Å². The molecule has 86 valence electrons. The van der Waals surface area contributed by atoms with Crippen LogP contribution in [0, 0.1) is 5.92 Å². The smallest absolute Gasteiger partial charge is 0.226 e. The van der Waals surface area contributed by atoms with Gasteiger partial charge in [0.25, 0.3) is 0 Å². The van der Waals surface area contributed by atoms with Gasteiger partial charge in [0.05, 0.1) is 12.1 Å². The highest BCUT2D eigenvalue weighted by Crippen LogP contribution is 2.25. The fraction of sp³-hybridized carbons (Fsp3) is 0.900. The molecule has 0 radical (unpaired) electrons. The van der Waals surface area contributed by atoms with Crippen molar-refractivity contribution in [1.82, 2.24) is 10.2 Å². The van der Waals surface area contributed by atoms with E-state index in [1.165, 1.54) is 0 Å². The lowest BCUT2D eigenvalue weighted by molar-refractivity contribution is -0.136. The SMILES string of the molecule is CN(C(=O)C1CCSC1)[C@@H]1CNC[C@H]1O. The second kappa shape index (κ2) is 4.72. The Morgan fingerprint density at radius 1 is 1.53 bits per heavy atom. The van der Waals surface area contributed by atoms with Gasteiger partial charge in [0.1, 0.15) is 0 Å². The minimum Gasteiger partial charge on any atom is -0.390 e. The molecule has 2 aliphatic heterocycles. The Kier molecular flexibility index (Phi) is 3.53. The quantitative estimate of drug-likeness (QED) is 0.673. The normalized spacial score (nSPS) is 35.7. The van der Waals surface area contributed by atoms with E-state index < -0.39 is 6.10 Å². The maximum Gasteiger partial charge on any atom is 0.226 e. The molecule has 5 heteroatoms. The van der Waals surface area contributed by atoms with Crippen molar-refractivity contribution in [3.05, 3.63) is 0 Å². The minimum absolute atomic E-state index is 0.0388. The highest BCUT2D eigenvalue weighted by Gasteiger charge is 2.34. The number of amides is 1. The van der Waals surface area contributed by atoms with Crippen molar-refractivity contribution < 1.29 is 9.90 Å². The van der Waals surface area contributed by atoms with Crippen LogP contribution in [0.25, 0.3) is 0 Å². The second-order valence-electron chi connectivity index (χ2n) is 4.30. The molecule has 0 aromatic heterocycles. The summed E-state index contributed by atoms with van der Waals surface area (Å²) in [4.78, 5) is 13.8. The first-order chi connectivity index (χ1) is 7.20. The number of rotatable bonds is 2. The van der Waals surface area contributed by atoms with Gasteiger partial charge in [0.2, 0.25) is 5.91 Å². The van der Waals surface area contributed by atoms with E-state index in [0.717, 1.165) is 17.9 Å². The molecule has 2 heterocycles. The highest BCUT2D eigenvalue weighted by molar-refractivity contribution is 7.99. The van der Waals surface area contributed by atoms with E-state index in [1.807, 2.05) is 18.8 Å². The van der Waals surface area contributed by atoms with Crippen LogP contribution in [-0.2, 0) is 4.79 Å². The number of carbonyl (C=O) groups is 1. The maximum atomic E-state index is 12.1. The zero-order valence-corrected chi connectivity index (χ0v) is 9.80. The summed E-state index contributed by atoms with van der Waals surface area (Å²) in [6.45, 7) is 1.31. The predicted octanol–water partition coefficient (Wildman–Crippen LogP) is -0.469. The van der Waals surface area contributed by atoms with E-state index in [0.29, 0.717) is 13.1 Å². The molecular weight excluding hydrogens is 212 g/mol. The van der Waals surface area contributed by atoms with Crippen molar-refractivity contribution in [2.24, 2.45) is 5.92 Å². The van der Waals surface area contributed by atoms with Gasteiger partial charge in [-0.1, -0.05) is 0 Å². The van der Waals surface area contributed by atoms with Gasteiger partial charge in [-0.3, -0.25) is 4.79 Å². The Labute approximate surface area is 94.4 Å². The third kappa shape index (κ3) is 2.29. The Hall–Kier alpha value is -0.260. The van der Waals surface area contributed by atoms with Gasteiger partial charge >= 0.3 is 0 Å². The minimum atomic E-state index is -0.409. The van der Waals surface area contributed by atoms with Crippen molar-refractivity contribution in [1.29, 1.82) is 0 Å². The third-order valence-corrected chi connectivity index (χ3v) is 4.44. The highest BCUT2D eigenvalue weighted by atomic mass is 32.2. The van der Waals surface area contributed by atoms with E-state index in [2.05, 4.69) is 5.32 Å². The van der Waals surface area contributed by atoms with E-state index >= 15 is 0 Å². The first-order valence-electron chi connectivity index (χ1n) is 5.43. The van der Waals surface area contributed by atoms with Crippen LogP contribution in [-0.4, -0.2) is 59.7 Å². The average molecular weight is 230 g/mol. The van der Waals surface area contributed by atoms with Crippen molar-refractivity contribution in [3.8, 4) is 0 Å². The molecule has 0 spiro atoms. The van der Waals surface area contributed by atoms with Crippen LogP contribution in [0.2, 0.25) is 0 Å². The van der Waals surface area contributed by atoms with Crippen LogP contribution in [0.1, 0.15) is 6.42 Å². The lowest BCUT2D eigenvalue weighted by atomic mass is 10.1. The van der Waals surface area contributed by atoms with Gasteiger partial charge in [0.15, 0.2) is 0 Å². The summed E-state index contributed by atoms with van der Waals surface area (Å²) < 4.78 is 0. The number of hydrogen-bond donors (Lipinski definition) is 2. The van der Waals surface area contributed by atoms with Crippen LogP contribution in [0.3, 0.4) is 0 Å². The number of thioether (sulfide) groups is 1. The molecule has 1 amide bonds. The monoisotopic (exact) mass is 230 g/mol. The van der Waals surface area contributed by atoms with Crippen molar-refractivity contribution in [3.63, 3.8) is 0 Å². The number of aliphatic hydroxyl groups excluding tert-OH is 1. The molecule has 0 saturated carbocycles. The lowest BCUT2D eigenvalue weighted by Crippen LogP contribution is -2.46. The topological polar surface area (TPSA) is 52.6 Å². The van der Waals surface area contributed by atoms with Crippen molar-refractivity contribution in [2.45, 2.75) is 18.6 Å². The molecule has 3 atom stereocenters. The summed E-state index contributed by atoms with van der Waals surface area (Å²) in [5, 5.41) is 12.8. The fourth-order valence-corrected chi connectivity index (χ4v) is 3.44. The number of aliphatic hydroxyl groups is 1. The molecule has 2 saturated heterocycles. The number of likely N-dealkylation sites (N-methyl/N-ethyl adjacent to an activating group) is 1. The Bertz CT molecular complexity index is 244. The molecule has 2 fully saturated rings. The van der Waals surface area contributed by atoms with Gasteiger partial charge in [-0.25, -0.2) is 0 Å². The van der Waals surface area contributed by atoms with Crippen LogP contribution < -0.4 is 5.32 Å². The van der Waals surface area contributed by atoms with Gasteiger partial charge in [-0.15, -0.1) is 0 Å². The van der Waals surface area contributed by atoms with E-state index in [9.17, 15) is 9.90 Å². The number of hydrogen-bond acceptors (Lipinski definition) is 4. The molecule has 1 unspecified atom stereocenters. The van der Waals surface area contributed by atoms with Crippen LogP contribution in [0.15, 0.2) is 0 Å². The Morgan fingerprint density at radius 3 is 2.87 bits per heavy atom. The van der Waals surface area contributed by atoms with E-state index in [-0.39, 0.29) is 17.9 Å². The second-order valence-corrected chi connectivity index (χ2v) is 5.45. The van der Waals surface area contributed by atoms with Crippen molar-refractivity contribution in [2.75, 3.05) is 31.6 Å². The molecule has 0 aliphatic carbocycles. The molecule has 2 aliphatic rings. The maximum absolute atomic E-state index is 12.1. The van der Waals surface area contributed by atoms with Crippen LogP contribution in [0.4, 0.5) is 0 Å². The molecule has 15 heavy (non-hydrogen) atoms. The number of carbonyl (C=O) groups excluding carboxylic acids is 1. The van der Waals surface area contributed by atoms with Gasteiger partial charge in [0, 0.05) is 31.8 Å². The largest absolute Gasteiger partial charge is 0.390 e. The molecular formula is C10H18N2O2S. The summed E-state index contributed by atoms with van der Waals surface area (Å²) in [5.74, 6) is 2.41. The van der Waals surface area contributed by atoms with Gasteiger partial charge in [-0.2, -0.15) is 11.8 Å². The Balaban J connectivity index is 1.94.